The first-order chi connectivity index (χ1) is 12.3. The molecule has 2 aromatic heterocycles. The SMILES string of the molecule is COCCn1cnnc1CCNC(=O)c1cn[nH]c1C1CCCCC1. The van der Waals surface area contributed by atoms with Gasteiger partial charge in [-0.25, -0.2) is 0 Å². The van der Waals surface area contributed by atoms with Crippen LogP contribution in [0.15, 0.2) is 12.5 Å². The Morgan fingerprint density at radius 3 is 3.04 bits per heavy atom. The van der Waals surface area contributed by atoms with E-state index in [2.05, 4.69) is 25.7 Å². The maximum absolute atomic E-state index is 12.5. The Kier molecular flexibility index (Phi) is 6.16. The number of aromatic nitrogens is 5. The third-order valence-electron chi connectivity index (χ3n) is 4.79. The molecule has 0 radical (unpaired) electrons. The number of nitrogens with zero attached hydrogens (tertiary/aromatic N) is 4. The third-order valence-corrected chi connectivity index (χ3v) is 4.79. The van der Waals surface area contributed by atoms with Crippen LogP contribution < -0.4 is 5.32 Å². The molecule has 136 valence electrons. The molecule has 8 heteroatoms. The number of amides is 1. The van der Waals surface area contributed by atoms with Gasteiger partial charge in [-0.3, -0.25) is 9.89 Å². The molecule has 2 aromatic rings. The van der Waals surface area contributed by atoms with Crippen molar-refractivity contribution in [1.82, 2.24) is 30.3 Å². The molecule has 0 bridgehead atoms. The summed E-state index contributed by atoms with van der Waals surface area (Å²) in [4.78, 5) is 12.5. The van der Waals surface area contributed by atoms with Crippen LogP contribution in [0.1, 0.15) is 59.9 Å². The lowest BCUT2D eigenvalue weighted by atomic mass is 9.85. The van der Waals surface area contributed by atoms with Gasteiger partial charge in [-0.1, -0.05) is 19.3 Å². The minimum Gasteiger partial charge on any atom is -0.383 e. The number of methoxy groups -OCH3 is 1. The second-order valence-corrected chi connectivity index (χ2v) is 6.47. The molecule has 0 unspecified atom stereocenters. The number of hydrogen-bond donors (Lipinski definition) is 2. The maximum atomic E-state index is 12.5. The Labute approximate surface area is 147 Å². The lowest BCUT2D eigenvalue weighted by Crippen LogP contribution is -2.27. The summed E-state index contributed by atoms with van der Waals surface area (Å²) >= 11 is 0. The highest BCUT2D eigenvalue weighted by Crippen LogP contribution is 2.33. The second kappa shape index (κ2) is 8.75. The number of H-pyrrole nitrogens is 1. The fraction of sp³-hybridized carbons (Fsp3) is 0.647. The summed E-state index contributed by atoms with van der Waals surface area (Å²) in [6, 6.07) is 0. The largest absolute Gasteiger partial charge is 0.383 e. The average molecular weight is 346 g/mol. The number of rotatable bonds is 8. The molecule has 0 atom stereocenters. The number of nitrogens with one attached hydrogen (secondary N) is 2. The molecule has 1 aliphatic rings. The van der Waals surface area contributed by atoms with Gasteiger partial charge in [0.25, 0.3) is 5.91 Å². The molecule has 2 N–H and O–H groups in total. The standard InChI is InChI=1S/C17H26N6O2/c1-25-10-9-23-12-20-21-15(23)7-8-18-17(24)14-11-19-22-16(14)13-5-3-2-4-6-13/h11-13H,2-10H2,1H3,(H,18,24)(H,19,22). The molecule has 0 aliphatic heterocycles. The normalized spacial score (nSPS) is 15.4. The highest BCUT2D eigenvalue weighted by molar-refractivity contribution is 5.95. The van der Waals surface area contributed by atoms with Crippen LogP contribution in [0.25, 0.3) is 0 Å². The highest BCUT2D eigenvalue weighted by atomic mass is 16.5. The Hall–Kier alpha value is -2.22. The van der Waals surface area contributed by atoms with E-state index in [0.717, 1.165) is 24.4 Å². The molecule has 3 rings (SSSR count). The molecule has 1 fully saturated rings. The van der Waals surface area contributed by atoms with Crippen molar-refractivity contribution in [2.45, 2.75) is 51.0 Å². The molecular formula is C17H26N6O2. The molecule has 25 heavy (non-hydrogen) atoms. The molecular weight excluding hydrogens is 320 g/mol. The van der Waals surface area contributed by atoms with Crippen LogP contribution in [0.2, 0.25) is 0 Å². The van der Waals surface area contributed by atoms with E-state index in [0.29, 0.717) is 37.6 Å². The topological polar surface area (TPSA) is 97.7 Å². The zero-order valence-corrected chi connectivity index (χ0v) is 14.7. The number of ether oxygens (including phenoxy) is 1. The number of carbonyl (C=O) groups excluding carboxylic acids is 1. The van der Waals surface area contributed by atoms with Crippen molar-refractivity contribution >= 4 is 5.91 Å². The van der Waals surface area contributed by atoms with Crippen molar-refractivity contribution < 1.29 is 9.53 Å². The lowest BCUT2D eigenvalue weighted by Gasteiger charge is -2.21. The van der Waals surface area contributed by atoms with Gasteiger partial charge >= 0.3 is 0 Å². The third kappa shape index (κ3) is 4.45. The van der Waals surface area contributed by atoms with Crippen LogP contribution in [0.4, 0.5) is 0 Å². The monoisotopic (exact) mass is 346 g/mol. The predicted octanol–water partition coefficient (Wildman–Crippen LogP) is 1.67. The quantitative estimate of drug-likeness (QED) is 0.758. The minimum atomic E-state index is -0.0720. The van der Waals surface area contributed by atoms with E-state index in [1.54, 1.807) is 19.6 Å². The van der Waals surface area contributed by atoms with Crippen LogP contribution in [-0.2, 0) is 17.7 Å². The van der Waals surface area contributed by atoms with Gasteiger partial charge in [0.15, 0.2) is 0 Å². The fourth-order valence-corrected chi connectivity index (χ4v) is 3.41. The molecule has 2 heterocycles. The summed E-state index contributed by atoms with van der Waals surface area (Å²) < 4.78 is 7.02. The van der Waals surface area contributed by atoms with Crippen molar-refractivity contribution in [3.63, 3.8) is 0 Å². The summed E-state index contributed by atoms with van der Waals surface area (Å²) in [5.74, 6) is 1.20. The summed E-state index contributed by atoms with van der Waals surface area (Å²) in [7, 11) is 1.67. The summed E-state index contributed by atoms with van der Waals surface area (Å²) in [5, 5.41) is 18.1. The Morgan fingerprint density at radius 2 is 2.24 bits per heavy atom. The van der Waals surface area contributed by atoms with Gasteiger partial charge in [-0.15, -0.1) is 10.2 Å². The average Bonchev–Trinajstić information content (AvgIpc) is 3.30. The number of carbonyl (C=O) groups is 1. The Morgan fingerprint density at radius 1 is 1.40 bits per heavy atom. The first-order valence-electron chi connectivity index (χ1n) is 8.96. The van der Waals surface area contributed by atoms with Crippen LogP contribution in [0.3, 0.4) is 0 Å². The van der Waals surface area contributed by atoms with Gasteiger partial charge in [-0.2, -0.15) is 5.10 Å². The number of hydrogen-bond acceptors (Lipinski definition) is 5. The van der Waals surface area contributed by atoms with Crippen LogP contribution in [0.5, 0.6) is 0 Å². The van der Waals surface area contributed by atoms with Crippen molar-refractivity contribution in [1.29, 1.82) is 0 Å². The maximum Gasteiger partial charge on any atom is 0.254 e. The summed E-state index contributed by atoms with van der Waals surface area (Å²) in [6.07, 6.45) is 9.95. The molecule has 1 aliphatic carbocycles. The first kappa shape index (κ1) is 17.6. The van der Waals surface area contributed by atoms with E-state index >= 15 is 0 Å². The van der Waals surface area contributed by atoms with Crippen molar-refractivity contribution in [2.75, 3.05) is 20.3 Å². The highest BCUT2D eigenvalue weighted by Gasteiger charge is 2.23. The predicted molar refractivity (Wildman–Crippen MR) is 92.3 cm³/mol. The molecule has 1 amide bonds. The van der Waals surface area contributed by atoms with Crippen LogP contribution in [0, 0.1) is 0 Å². The number of aromatic amines is 1. The van der Waals surface area contributed by atoms with Gasteiger partial charge in [0.1, 0.15) is 12.2 Å². The molecule has 0 spiro atoms. The Bertz CT molecular complexity index is 674. The van der Waals surface area contributed by atoms with Crippen molar-refractivity contribution in [3.8, 4) is 0 Å². The van der Waals surface area contributed by atoms with Gasteiger partial charge in [0, 0.05) is 32.5 Å². The van der Waals surface area contributed by atoms with E-state index in [4.69, 9.17) is 4.74 Å². The smallest absolute Gasteiger partial charge is 0.254 e. The molecule has 8 nitrogen and oxygen atoms in total. The Balaban J connectivity index is 1.53. The van der Waals surface area contributed by atoms with E-state index in [1.165, 1.54) is 19.3 Å². The van der Waals surface area contributed by atoms with Gasteiger partial charge in [0.05, 0.1) is 24.1 Å². The molecule has 0 saturated heterocycles. The second-order valence-electron chi connectivity index (χ2n) is 6.47. The molecule has 0 aromatic carbocycles. The van der Waals surface area contributed by atoms with Crippen molar-refractivity contribution in [3.05, 3.63) is 29.6 Å². The summed E-state index contributed by atoms with van der Waals surface area (Å²) in [6.45, 7) is 1.83. The van der Waals surface area contributed by atoms with Crippen molar-refractivity contribution in [2.24, 2.45) is 0 Å². The first-order valence-corrected chi connectivity index (χ1v) is 8.96. The van der Waals surface area contributed by atoms with E-state index in [-0.39, 0.29) is 5.91 Å². The van der Waals surface area contributed by atoms with Crippen LogP contribution in [-0.4, -0.2) is 51.1 Å². The zero-order valence-electron chi connectivity index (χ0n) is 14.7. The zero-order chi connectivity index (χ0) is 17.5. The van der Waals surface area contributed by atoms with E-state index in [1.807, 2.05) is 4.57 Å². The molecule has 1 saturated carbocycles. The van der Waals surface area contributed by atoms with Gasteiger partial charge < -0.3 is 14.6 Å². The van der Waals surface area contributed by atoms with Crippen LogP contribution >= 0.6 is 0 Å². The van der Waals surface area contributed by atoms with Gasteiger partial charge in [-0.05, 0) is 12.8 Å². The lowest BCUT2D eigenvalue weighted by molar-refractivity contribution is 0.0952. The summed E-state index contributed by atoms with van der Waals surface area (Å²) in [5.41, 5.74) is 1.66. The van der Waals surface area contributed by atoms with Gasteiger partial charge in [0.2, 0.25) is 0 Å². The minimum absolute atomic E-state index is 0.0720. The fourth-order valence-electron chi connectivity index (χ4n) is 3.41. The van der Waals surface area contributed by atoms with E-state index < -0.39 is 0 Å². The van der Waals surface area contributed by atoms with E-state index in [9.17, 15) is 4.79 Å².